The molecule has 1 aliphatic heterocycles. The summed E-state index contributed by atoms with van der Waals surface area (Å²) < 4.78 is 5.05. The summed E-state index contributed by atoms with van der Waals surface area (Å²) in [6, 6.07) is 11.6. The second-order valence-corrected chi connectivity index (χ2v) is 9.37. The molecule has 1 saturated heterocycles. The molecule has 1 saturated carbocycles. The maximum absolute atomic E-state index is 12.5. The van der Waals surface area contributed by atoms with Crippen LogP contribution in [0.15, 0.2) is 30.3 Å². The Kier molecular flexibility index (Phi) is 7.87. The molecule has 0 radical (unpaired) electrons. The molecule has 2 heterocycles. The fourth-order valence-corrected chi connectivity index (χ4v) is 4.65. The van der Waals surface area contributed by atoms with Crippen molar-refractivity contribution in [2.45, 2.75) is 38.1 Å². The van der Waals surface area contributed by atoms with Crippen LogP contribution in [0, 0.1) is 11.3 Å². The molecule has 4 rings (SSSR count). The van der Waals surface area contributed by atoms with E-state index < -0.39 is 0 Å². The van der Waals surface area contributed by atoms with Gasteiger partial charge in [-0.25, -0.2) is 10.0 Å². The van der Waals surface area contributed by atoms with Crippen molar-refractivity contribution in [3.8, 4) is 17.2 Å². The maximum atomic E-state index is 12.5. The monoisotopic (exact) mass is 491 g/mol. The number of methoxy groups -OCH3 is 1. The van der Waals surface area contributed by atoms with Crippen LogP contribution in [0.5, 0.6) is 0 Å². The highest BCUT2D eigenvalue weighted by molar-refractivity contribution is 5.94. The fraction of sp³-hybridized carbons (Fsp3) is 0.481. The van der Waals surface area contributed by atoms with Crippen molar-refractivity contribution in [2.24, 2.45) is 0 Å². The summed E-state index contributed by atoms with van der Waals surface area (Å²) in [4.78, 5) is 39.0. The molecule has 36 heavy (non-hydrogen) atoms. The number of carbonyl (C=O) groups is 2. The summed E-state index contributed by atoms with van der Waals surface area (Å²) in [5, 5.41) is 11.2. The van der Waals surface area contributed by atoms with Gasteiger partial charge in [0.25, 0.3) is 5.91 Å². The van der Waals surface area contributed by atoms with Gasteiger partial charge >= 0.3 is 0 Å². The third-order valence-corrected chi connectivity index (χ3v) is 6.89. The number of nitrogens with zero attached hydrogens (tertiary/aromatic N) is 5. The van der Waals surface area contributed by atoms with Gasteiger partial charge in [0.15, 0.2) is 0 Å². The van der Waals surface area contributed by atoms with Crippen LogP contribution in [0.3, 0.4) is 0 Å². The standard InChI is InChI=1S/C27H33N5O4/c1-18-17-31(12-13-32(18)24(33)11-14-35-3)26-22(16-28)15-23(25(29-26)20-7-8-20)19-5-9-21(10-6-19)27(34)30(2)36-4/h5-6,9-10,15,18,20H,7-8,11-14,17H2,1-4H3. The molecular weight excluding hydrogens is 458 g/mol. The molecule has 9 heteroatoms. The third-order valence-electron chi connectivity index (χ3n) is 6.89. The molecule has 2 amide bonds. The first-order valence-corrected chi connectivity index (χ1v) is 12.3. The highest BCUT2D eigenvalue weighted by atomic mass is 16.7. The van der Waals surface area contributed by atoms with Gasteiger partial charge in [0.2, 0.25) is 5.91 Å². The molecule has 0 N–H and O–H groups in total. The van der Waals surface area contributed by atoms with E-state index in [0.717, 1.165) is 29.7 Å². The quantitative estimate of drug-likeness (QED) is 0.523. The van der Waals surface area contributed by atoms with Gasteiger partial charge in [0.1, 0.15) is 11.9 Å². The first-order chi connectivity index (χ1) is 17.4. The van der Waals surface area contributed by atoms with Crippen LogP contribution in [0.1, 0.15) is 53.7 Å². The summed E-state index contributed by atoms with van der Waals surface area (Å²) in [7, 11) is 4.61. The number of carbonyl (C=O) groups excluding carboxylic acids is 2. The Morgan fingerprint density at radius 1 is 1.19 bits per heavy atom. The van der Waals surface area contributed by atoms with Gasteiger partial charge in [-0.15, -0.1) is 0 Å². The number of rotatable bonds is 8. The van der Waals surface area contributed by atoms with Crippen LogP contribution in [-0.4, -0.2) is 80.3 Å². The van der Waals surface area contributed by atoms with Crippen molar-refractivity contribution in [1.29, 1.82) is 5.26 Å². The Balaban J connectivity index is 1.61. The Labute approximate surface area is 212 Å². The SMILES string of the molecule is COCCC(=O)N1CCN(c2nc(C3CC3)c(-c3ccc(C(=O)N(C)OC)cc3)cc2C#N)CC1C. The van der Waals surface area contributed by atoms with Gasteiger partial charge in [-0.05, 0) is 43.5 Å². The molecule has 0 spiro atoms. The zero-order valence-corrected chi connectivity index (χ0v) is 21.4. The number of aromatic nitrogens is 1. The topological polar surface area (TPSA) is 99.0 Å². The first kappa shape index (κ1) is 25.6. The molecule has 1 aliphatic carbocycles. The molecule has 190 valence electrons. The van der Waals surface area contributed by atoms with Crippen molar-refractivity contribution in [3.05, 3.63) is 47.2 Å². The van der Waals surface area contributed by atoms with E-state index in [-0.39, 0.29) is 17.9 Å². The van der Waals surface area contributed by atoms with E-state index in [1.165, 1.54) is 12.2 Å². The zero-order valence-electron chi connectivity index (χ0n) is 21.4. The average molecular weight is 492 g/mol. The normalized spacial score (nSPS) is 17.6. The summed E-state index contributed by atoms with van der Waals surface area (Å²) in [5.41, 5.74) is 3.88. The molecule has 1 aromatic carbocycles. The van der Waals surface area contributed by atoms with Crippen LogP contribution in [-0.2, 0) is 14.4 Å². The van der Waals surface area contributed by atoms with Crippen LogP contribution in [0.4, 0.5) is 5.82 Å². The van der Waals surface area contributed by atoms with E-state index in [1.807, 2.05) is 30.0 Å². The van der Waals surface area contributed by atoms with Gasteiger partial charge < -0.3 is 14.5 Å². The molecular formula is C27H33N5O4. The van der Waals surface area contributed by atoms with Gasteiger partial charge in [-0.2, -0.15) is 5.26 Å². The number of hydrogen-bond acceptors (Lipinski definition) is 7. The van der Waals surface area contributed by atoms with E-state index in [1.54, 1.807) is 26.3 Å². The second kappa shape index (κ2) is 11.1. The minimum absolute atomic E-state index is 0.0100. The number of nitriles is 1. The molecule has 0 bridgehead atoms. The van der Waals surface area contributed by atoms with Crippen molar-refractivity contribution in [2.75, 3.05) is 52.4 Å². The molecule has 2 aliphatic rings. The number of hydrogen-bond donors (Lipinski definition) is 0. The second-order valence-electron chi connectivity index (χ2n) is 9.37. The van der Waals surface area contributed by atoms with E-state index in [9.17, 15) is 14.9 Å². The number of piperazine rings is 1. The lowest BCUT2D eigenvalue weighted by molar-refractivity contribution is -0.134. The summed E-state index contributed by atoms with van der Waals surface area (Å²) in [6.45, 7) is 4.27. The van der Waals surface area contributed by atoms with Gasteiger partial charge in [0, 0.05) is 56.9 Å². The van der Waals surface area contributed by atoms with Gasteiger partial charge in [-0.3, -0.25) is 14.4 Å². The van der Waals surface area contributed by atoms with E-state index in [2.05, 4.69) is 11.0 Å². The van der Waals surface area contributed by atoms with Crippen molar-refractivity contribution < 1.29 is 19.2 Å². The van der Waals surface area contributed by atoms with Crippen LogP contribution in [0.2, 0.25) is 0 Å². The number of pyridine rings is 1. The maximum Gasteiger partial charge on any atom is 0.277 e. The Morgan fingerprint density at radius 2 is 1.92 bits per heavy atom. The molecule has 1 atom stereocenters. The minimum Gasteiger partial charge on any atom is -0.384 e. The van der Waals surface area contributed by atoms with E-state index >= 15 is 0 Å². The largest absolute Gasteiger partial charge is 0.384 e. The Hall–Kier alpha value is -3.48. The van der Waals surface area contributed by atoms with E-state index in [0.29, 0.717) is 55.5 Å². The van der Waals surface area contributed by atoms with Crippen molar-refractivity contribution in [3.63, 3.8) is 0 Å². The third kappa shape index (κ3) is 5.35. The number of benzene rings is 1. The molecule has 2 aromatic rings. The first-order valence-electron chi connectivity index (χ1n) is 12.3. The minimum atomic E-state index is -0.230. The highest BCUT2D eigenvalue weighted by Crippen LogP contribution is 2.45. The van der Waals surface area contributed by atoms with Gasteiger partial charge in [-0.1, -0.05) is 12.1 Å². The fourth-order valence-electron chi connectivity index (χ4n) is 4.65. The lowest BCUT2D eigenvalue weighted by Crippen LogP contribution is -2.54. The smallest absolute Gasteiger partial charge is 0.277 e. The average Bonchev–Trinajstić information content (AvgIpc) is 3.75. The van der Waals surface area contributed by atoms with Gasteiger partial charge in [0.05, 0.1) is 31.4 Å². The predicted octanol–water partition coefficient (Wildman–Crippen LogP) is 3.20. The van der Waals surface area contributed by atoms with E-state index in [4.69, 9.17) is 14.6 Å². The molecule has 2 fully saturated rings. The molecule has 1 unspecified atom stereocenters. The van der Waals surface area contributed by atoms with Crippen LogP contribution >= 0.6 is 0 Å². The number of anilines is 1. The number of ether oxygens (including phenoxy) is 1. The number of hydroxylamine groups is 2. The highest BCUT2D eigenvalue weighted by Gasteiger charge is 2.33. The summed E-state index contributed by atoms with van der Waals surface area (Å²) in [6.07, 6.45) is 2.51. The van der Waals surface area contributed by atoms with Crippen molar-refractivity contribution in [1.82, 2.24) is 14.9 Å². The summed E-state index contributed by atoms with van der Waals surface area (Å²) in [5.74, 6) is 0.908. The van der Waals surface area contributed by atoms with Crippen molar-refractivity contribution >= 4 is 17.6 Å². The number of amides is 2. The van der Waals surface area contributed by atoms with Crippen LogP contribution < -0.4 is 4.90 Å². The molecule has 9 nitrogen and oxygen atoms in total. The lowest BCUT2D eigenvalue weighted by Gasteiger charge is -2.41. The zero-order chi connectivity index (χ0) is 25.8. The Bertz CT molecular complexity index is 1160. The van der Waals surface area contributed by atoms with Crippen LogP contribution in [0.25, 0.3) is 11.1 Å². The molecule has 1 aromatic heterocycles. The predicted molar refractivity (Wildman–Crippen MR) is 135 cm³/mol. The summed E-state index contributed by atoms with van der Waals surface area (Å²) >= 11 is 0. The lowest BCUT2D eigenvalue weighted by atomic mass is 9.98. The Morgan fingerprint density at radius 3 is 2.50 bits per heavy atom.